The smallest absolute Gasteiger partial charge is 0.0260 e. The maximum absolute atomic E-state index is 2.22. The van der Waals surface area contributed by atoms with Crippen molar-refractivity contribution in [3.8, 4) is 0 Å². The Morgan fingerprint density at radius 3 is 1.18 bits per heavy atom. The molecule has 0 N–H and O–H groups in total. The zero-order valence-corrected chi connectivity index (χ0v) is 8.58. The molecule has 0 aliphatic rings. The van der Waals surface area contributed by atoms with Crippen molar-refractivity contribution in [1.29, 1.82) is 0 Å². The molecule has 0 aromatic rings. The second-order valence-electron chi connectivity index (χ2n) is 2.84. The summed E-state index contributed by atoms with van der Waals surface area (Å²) in [6.45, 7) is 15.0. The van der Waals surface area contributed by atoms with Gasteiger partial charge in [0.15, 0.2) is 0 Å². The molecule has 0 fully saturated rings. The molecule has 0 heterocycles. The average molecular weight is 158 g/mol. The second kappa shape index (κ2) is 9.74. The minimum Gasteiger partial charge on any atom is -0.0776 e. The fourth-order valence-electron chi connectivity index (χ4n) is 0.577. The van der Waals surface area contributed by atoms with Gasteiger partial charge in [0, 0.05) is 0 Å². The number of hydrogen-bond donors (Lipinski definition) is 0. The summed E-state index contributed by atoms with van der Waals surface area (Å²) in [5.41, 5.74) is 2.98. The fourth-order valence-corrected chi connectivity index (χ4v) is 0.577. The van der Waals surface area contributed by atoms with Crippen LogP contribution in [0.1, 0.15) is 55.9 Å². The Balaban J connectivity index is -0.000000196. The van der Waals surface area contributed by atoms with Gasteiger partial charge >= 0.3 is 0 Å². The molecule has 0 aliphatic heterocycles. The lowest BCUT2D eigenvalue weighted by Crippen LogP contribution is -1.89. The highest BCUT2D eigenvalue weighted by molar-refractivity contribution is 5.08. The highest BCUT2D eigenvalue weighted by Crippen LogP contribution is 2.11. The number of hydrogen-bond acceptors (Lipinski definition) is 0. The summed E-state index contributed by atoms with van der Waals surface area (Å²) in [5, 5.41) is 0. The number of allylic oxidation sites excluding steroid dienone is 2. The summed E-state index contributed by atoms with van der Waals surface area (Å²) in [7, 11) is 0. The van der Waals surface area contributed by atoms with E-state index in [9.17, 15) is 0 Å². The molecule has 11 heavy (non-hydrogen) atoms. The molecule has 0 atom stereocenters. The zero-order chi connectivity index (χ0) is 8.73. The molecule has 0 saturated carbocycles. The van der Waals surface area contributed by atoms with E-state index in [1.54, 1.807) is 0 Å². The van der Waals surface area contributed by atoms with Crippen LogP contribution in [0, 0.1) is 5.92 Å². The highest BCUT2D eigenvalue weighted by Gasteiger charge is 1.95. The van der Waals surface area contributed by atoms with E-state index in [2.05, 4.69) is 34.6 Å². The molecule has 0 radical (unpaired) electrons. The first-order chi connectivity index (χ1) is 4.55. The van der Waals surface area contributed by atoms with Crippen molar-refractivity contribution in [2.24, 2.45) is 5.92 Å². The lowest BCUT2D eigenvalue weighted by molar-refractivity contribution is 0.756. The minimum absolute atomic E-state index is 0. The Labute approximate surface area is 73.7 Å². The van der Waals surface area contributed by atoms with E-state index in [0.717, 1.165) is 5.92 Å². The van der Waals surface area contributed by atoms with E-state index in [0.29, 0.717) is 0 Å². The van der Waals surface area contributed by atoms with Crippen LogP contribution < -0.4 is 0 Å². The highest BCUT2D eigenvalue weighted by atomic mass is 14.0. The topological polar surface area (TPSA) is 0 Å². The van der Waals surface area contributed by atoms with Gasteiger partial charge in [0.1, 0.15) is 0 Å². The molecular formula is C11H26. The Bertz CT molecular complexity index is 92.6. The fraction of sp³-hybridized carbons (Fsp3) is 0.818. The van der Waals surface area contributed by atoms with E-state index in [4.69, 9.17) is 0 Å². The Kier molecular flexibility index (Phi) is 15.1. The van der Waals surface area contributed by atoms with Gasteiger partial charge in [-0.05, 0) is 26.7 Å². The van der Waals surface area contributed by atoms with E-state index < -0.39 is 0 Å². The number of rotatable bonds is 1. The lowest BCUT2D eigenvalue weighted by atomic mass is 10.0. The van der Waals surface area contributed by atoms with Crippen LogP contribution in [0.15, 0.2) is 11.1 Å². The summed E-state index contributed by atoms with van der Waals surface area (Å²) in [6.07, 6.45) is 0. The minimum atomic E-state index is 0. The van der Waals surface area contributed by atoms with Crippen LogP contribution in [0.3, 0.4) is 0 Å². The summed E-state index contributed by atoms with van der Waals surface area (Å²) >= 11 is 0. The van der Waals surface area contributed by atoms with Crippen molar-refractivity contribution in [3.05, 3.63) is 11.1 Å². The van der Waals surface area contributed by atoms with Gasteiger partial charge in [0.25, 0.3) is 0 Å². The van der Waals surface area contributed by atoms with Gasteiger partial charge in [0.2, 0.25) is 0 Å². The molecule has 0 amide bonds. The summed E-state index contributed by atoms with van der Waals surface area (Å²) in [5.74, 6) is 0.722. The maximum atomic E-state index is 2.22. The van der Waals surface area contributed by atoms with E-state index in [1.807, 2.05) is 13.8 Å². The molecule has 0 aromatic carbocycles. The van der Waals surface area contributed by atoms with Gasteiger partial charge in [-0.2, -0.15) is 0 Å². The molecule has 0 aliphatic carbocycles. The van der Waals surface area contributed by atoms with Gasteiger partial charge in [-0.15, -0.1) is 0 Å². The first kappa shape index (κ1) is 17.0. The molecule has 0 spiro atoms. The third kappa shape index (κ3) is 9.74. The lowest BCUT2D eigenvalue weighted by Gasteiger charge is -2.05. The third-order valence-corrected chi connectivity index (χ3v) is 1.65. The normalized spacial score (nSPS) is 7.64. The summed E-state index contributed by atoms with van der Waals surface area (Å²) in [6, 6.07) is 0. The summed E-state index contributed by atoms with van der Waals surface area (Å²) < 4.78 is 0. The second-order valence-corrected chi connectivity index (χ2v) is 2.84. The molecule has 70 valence electrons. The Morgan fingerprint density at radius 2 is 1.18 bits per heavy atom. The standard InChI is InChI=1S/C8H16.C2H6.CH4/c1-6(2)8(5)7(3)4;1-2;/h6H,1-5H3;1-2H3;1H4. The van der Waals surface area contributed by atoms with Gasteiger partial charge < -0.3 is 0 Å². The monoisotopic (exact) mass is 158 g/mol. The molecule has 0 unspecified atom stereocenters. The molecule has 0 rings (SSSR count). The van der Waals surface area contributed by atoms with Crippen molar-refractivity contribution >= 4 is 0 Å². The quantitative estimate of drug-likeness (QED) is 0.487. The van der Waals surface area contributed by atoms with E-state index in [-0.39, 0.29) is 7.43 Å². The Morgan fingerprint density at radius 1 is 0.909 bits per heavy atom. The van der Waals surface area contributed by atoms with Crippen molar-refractivity contribution in [2.45, 2.75) is 55.9 Å². The van der Waals surface area contributed by atoms with Crippen LogP contribution >= 0.6 is 0 Å². The Hall–Kier alpha value is -0.260. The molecule has 0 heteroatoms. The first-order valence-corrected chi connectivity index (χ1v) is 4.19. The van der Waals surface area contributed by atoms with Gasteiger partial charge in [-0.3, -0.25) is 0 Å². The zero-order valence-electron chi connectivity index (χ0n) is 8.58. The maximum Gasteiger partial charge on any atom is -0.0260 e. The van der Waals surface area contributed by atoms with Gasteiger partial charge in [-0.1, -0.05) is 46.3 Å². The molecule has 0 saturated heterocycles. The van der Waals surface area contributed by atoms with E-state index in [1.165, 1.54) is 11.1 Å². The molecular weight excluding hydrogens is 132 g/mol. The third-order valence-electron chi connectivity index (χ3n) is 1.65. The average Bonchev–Trinajstić information content (AvgIpc) is 1.90. The van der Waals surface area contributed by atoms with Gasteiger partial charge in [-0.25, -0.2) is 0 Å². The van der Waals surface area contributed by atoms with Crippen LogP contribution in [-0.4, -0.2) is 0 Å². The first-order valence-electron chi connectivity index (χ1n) is 4.19. The van der Waals surface area contributed by atoms with Crippen molar-refractivity contribution < 1.29 is 0 Å². The molecule has 0 bridgehead atoms. The van der Waals surface area contributed by atoms with Crippen molar-refractivity contribution in [3.63, 3.8) is 0 Å². The van der Waals surface area contributed by atoms with Crippen LogP contribution in [0.5, 0.6) is 0 Å². The molecule has 0 aromatic heterocycles. The summed E-state index contributed by atoms with van der Waals surface area (Å²) in [4.78, 5) is 0. The predicted octanol–water partition coefficient (Wildman–Crippen LogP) is 4.66. The van der Waals surface area contributed by atoms with Crippen LogP contribution in [0.25, 0.3) is 0 Å². The largest absolute Gasteiger partial charge is 0.0776 e. The van der Waals surface area contributed by atoms with Crippen LogP contribution in [-0.2, 0) is 0 Å². The van der Waals surface area contributed by atoms with Gasteiger partial charge in [0.05, 0.1) is 0 Å². The van der Waals surface area contributed by atoms with E-state index >= 15 is 0 Å². The SMILES string of the molecule is C.CC.CC(C)=C(C)C(C)C. The van der Waals surface area contributed by atoms with Crippen molar-refractivity contribution in [1.82, 2.24) is 0 Å². The predicted molar refractivity (Wildman–Crippen MR) is 57.0 cm³/mol. The van der Waals surface area contributed by atoms with Crippen molar-refractivity contribution in [2.75, 3.05) is 0 Å². The van der Waals surface area contributed by atoms with Crippen LogP contribution in [0.4, 0.5) is 0 Å². The van der Waals surface area contributed by atoms with Crippen LogP contribution in [0.2, 0.25) is 0 Å². The molecule has 0 nitrogen and oxygen atoms in total.